The minimum absolute atomic E-state index is 0.0450. The van der Waals surface area contributed by atoms with Crippen molar-refractivity contribution in [3.05, 3.63) is 0 Å². The van der Waals surface area contributed by atoms with E-state index in [1.165, 1.54) is 0 Å². The predicted molar refractivity (Wildman–Crippen MR) is 64.3 cm³/mol. The van der Waals surface area contributed by atoms with Gasteiger partial charge in [-0.3, -0.25) is 0 Å². The number of carboxylic acid groups (broad SMARTS) is 1. The first-order valence-corrected chi connectivity index (χ1v) is 6.46. The van der Waals surface area contributed by atoms with Crippen molar-refractivity contribution in [2.45, 2.75) is 25.9 Å². The number of rotatable bonds is 1. The second-order valence-electron chi connectivity index (χ2n) is 5.10. The molecule has 2 rings (SSSR count). The summed E-state index contributed by atoms with van der Waals surface area (Å²) in [6.45, 7) is 4.67. The van der Waals surface area contributed by atoms with E-state index in [0.29, 0.717) is 19.1 Å². The van der Waals surface area contributed by atoms with Crippen molar-refractivity contribution in [2.75, 3.05) is 32.8 Å². The number of carbonyl (C=O) groups is 2. The molecule has 6 nitrogen and oxygen atoms in total. The summed E-state index contributed by atoms with van der Waals surface area (Å²) in [5, 5.41) is 8.91. The number of carboxylic acids is 1. The topological polar surface area (TPSA) is 70.1 Å². The van der Waals surface area contributed by atoms with Gasteiger partial charge < -0.3 is 19.6 Å². The van der Waals surface area contributed by atoms with E-state index in [1.807, 2.05) is 4.90 Å². The average Bonchev–Trinajstić information content (AvgIpc) is 2.39. The number of piperidine rings is 1. The lowest BCUT2D eigenvalue weighted by Crippen LogP contribution is -2.54. The quantitative estimate of drug-likeness (QED) is 0.747. The van der Waals surface area contributed by atoms with Gasteiger partial charge in [-0.05, 0) is 18.8 Å². The summed E-state index contributed by atoms with van der Waals surface area (Å²) in [6, 6.07) is -0.0450. The molecule has 2 fully saturated rings. The first kappa shape index (κ1) is 13.1. The highest BCUT2D eigenvalue weighted by atomic mass is 16.5. The van der Waals surface area contributed by atoms with E-state index in [0.717, 1.165) is 25.9 Å². The zero-order valence-electron chi connectivity index (χ0n) is 10.7. The first-order chi connectivity index (χ1) is 8.58. The Hall–Kier alpha value is -1.30. The van der Waals surface area contributed by atoms with Crippen LogP contribution < -0.4 is 0 Å². The van der Waals surface area contributed by atoms with Gasteiger partial charge in [0, 0.05) is 19.6 Å². The molecule has 2 amide bonds. The van der Waals surface area contributed by atoms with Crippen LogP contribution in [0.3, 0.4) is 0 Å². The smallest absolute Gasteiger partial charge is 0.334 e. The van der Waals surface area contributed by atoms with E-state index in [9.17, 15) is 9.59 Å². The van der Waals surface area contributed by atoms with Crippen molar-refractivity contribution >= 4 is 12.0 Å². The second-order valence-corrected chi connectivity index (χ2v) is 5.10. The first-order valence-electron chi connectivity index (χ1n) is 6.46. The van der Waals surface area contributed by atoms with Crippen LogP contribution in [0.25, 0.3) is 0 Å². The molecule has 0 aromatic rings. The van der Waals surface area contributed by atoms with Crippen LogP contribution in [0, 0.1) is 5.92 Å². The van der Waals surface area contributed by atoms with Crippen LogP contribution in [-0.2, 0) is 9.53 Å². The lowest BCUT2D eigenvalue weighted by molar-refractivity contribution is -0.154. The molecular formula is C12H20N2O4. The van der Waals surface area contributed by atoms with Crippen molar-refractivity contribution in [3.63, 3.8) is 0 Å². The molecular weight excluding hydrogens is 236 g/mol. The van der Waals surface area contributed by atoms with Gasteiger partial charge in [-0.1, -0.05) is 6.92 Å². The average molecular weight is 256 g/mol. The molecule has 0 aromatic carbocycles. The van der Waals surface area contributed by atoms with Crippen LogP contribution in [-0.4, -0.2) is 65.8 Å². The molecule has 6 heteroatoms. The van der Waals surface area contributed by atoms with Crippen LogP contribution in [0.1, 0.15) is 19.8 Å². The highest BCUT2D eigenvalue weighted by molar-refractivity contribution is 5.77. The monoisotopic (exact) mass is 256 g/mol. The van der Waals surface area contributed by atoms with E-state index >= 15 is 0 Å². The molecule has 1 unspecified atom stereocenters. The van der Waals surface area contributed by atoms with E-state index in [4.69, 9.17) is 9.84 Å². The number of hydrogen-bond acceptors (Lipinski definition) is 3. The summed E-state index contributed by atoms with van der Waals surface area (Å²) in [6.07, 6.45) is 1.17. The highest BCUT2D eigenvalue weighted by Crippen LogP contribution is 2.18. The zero-order valence-corrected chi connectivity index (χ0v) is 10.7. The fraction of sp³-hybridized carbons (Fsp3) is 0.833. The normalized spacial score (nSPS) is 26.2. The number of nitrogens with zero attached hydrogens (tertiary/aromatic N) is 2. The molecule has 1 N–H and O–H groups in total. The molecule has 0 spiro atoms. The number of urea groups is 1. The molecule has 2 aliphatic heterocycles. The van der Waals surface area contributed by atoms with Crippen molar-refractivity contribution in [3.8, 4) is 0 Å². The summed E-state index contributed by atoms with van der Waals surface area (Å²) in [4.78, 5) is 26.5. The number of hydrogen-bond donors (Lipinski definition) is 1. The summed E-state index contributed by atoms with van der Waals surface area (Å²) in [7, 11) is 0. The molecule has 0 saturated carbocycles. The number of aliphatic carboxylic acids is 1. The van der Waals surface area contributed by atoms with E-state index in [-0.39, 0.29) is 12.6 Å². The van der Waals surface area contributed by atoms with E-state index in [1.54, 1.807) is 4.90 Å². The Bertz CT molecular complexity index is 326. The summed E-state index contributed by atoms with van der Waals surface area (Å²) in [5.41, 5.74) is 0. The lowest BCUT2D eigenvalue weighted by Gasteiger charge is -2.37. The van der Waals surface area contributed by atoms with Gasteiger partial charge in [0.25, 0.3) is 0 Å². The molecule has 0 bridgehead atoms. The van der Waals surface area contributed by atoms with Gasteiger partial charge in [-0.15, -0.1) is 0 Å². The Balaban J connectivity index is 1.90. The molecule has 2 aliphatic rings. The maximum Gasteiger partial charge on any atom is 0.334 e. The molecule has 2 saturated heterocycles. The van der Waals surface area contributed by atoms with Gasteiger partial charge in [-0.25, -0.2) is 9.59 Å². The third-order valence-corrected chi connectivity index (χ3v) is 3.67. The maximum absolute atomic E-state index is 12.2. The molecule has 0 radical (unpaired) electrons. The maximum atomic E-state index is 12.2. The summed E-state index contributed by atoms with van der Waals surface area (Å²) in [5.74, 6) is -0.328. The third kappa shape index (κ3) is 2.93. The van der Waals surface area contributed by atoms with Gasteiger partial charge in [0.15, 0.2) is 6.10 Å². The van der Waals surface area contributed by atoms with Gasteiger partial charge in [0.2, 0.25) is 0 Å². The Morgan fingerprint density at radius 3 is 2.44 bits per heavy atom. The number of carbonyl (C=O) groups excluding carboxylic acids is 1. The minimum atomic E-state index is -1.00. The van der Waals surface area contributed by atoms with Crippen LogP contribution in [0.4, 0.5) is 4.79 Å². The molecule has 102 valence electrons. The fourth-order valence-corrected chi connectivity index (χ4v) is 2.37. The van der Waals surface area contributed by atoms with Gasteiger partial charge >= 0.3 is 12.0 Å². The van der Waals surface area contributed by atoms with Crippen molar-refractivity contribution < 1.29 is 19.4 Å². The van der Waals surface area contributed by atoms with Crippen LogP contribution in [0.2, 0.25) is 0 Å². The van der Waals surface area contributed by atoms with Crippen LogP contribution >= 0.6 is 0 Å². The molecule has 1 atom stereocenters. The Morgan fingerprint density at radius 2 is 1.83 bits per heavy atom. The number of amides is 2. The Kier molecular flexibility index (Phi) is 4.06. The van der Waals surface area contributed by atoms with Crippen molar-refractivity contribution in [1.82, 2.24) is 9.80 Å². The predicted octanol–water partition coefficient (Wildman–Crippen LogP) is 0.624. The largest absolute Gasteiger partial charge is 0.479 e. The van der Waals surface area contributed by atoms with Crippen molar-refractivity contribution in [2.24, 2.45) is 5.92 Å². The van der Waals surface area contributed by atoms with Gasteiger partial charge in [0.1, 0.15) is 0 Å². The van der Waals surface area contributed by atoms with Crippen LogP contribution in [0.5, 0.6) is 0 Å². The Labute approximate surface area is 106 Å². The van der Waals surface area contributed by atoms with E-state index < -0.39 is 12.1 Å². The van der Waals surface area contributed by atoms with Gasteiger partial charge in [0.05, 0.1) is 13.2 Å². The summed E-state index contributed by atoms with van der Waals surface area (Å²) >= 11 is 0. The standard InChI is InChI=1S/C12H20N2O4/c1-9-2-4-13(5-3-9)12(17)14-6-7-18-10(8-14)11(15)16/h9-10H,2-8H2,1H3,(H,15,16). The Morgan fingerprint density at radius 1 is 1.17 bits per heavy atom. The second kappa shape index (κ2) is 5.56. The lowest BCUT2D eigenvalue weighted by atomic mass is 9.99. The molecule has 0 aliphatic carbocycles. The van der Waals surface area contributed by atoms with Crippen LogP contribution in [0.15, 0.2) is 0 Å². The summed E-state index contributed by atoms with van der Waals surface area (Å²) < 4.78 is 5.11. The number of morpholine rings is 1. The number of ether oxygens (including phenoxy) is 1. The number of likely N-dealkylation sites (tertiary alicyclic amines) is 1. The van der Waals surface area contributed by atoms with Gasteiger partial charge in [-0.2, -0.15) is 0 Å². The molecule has 18 heavy (non-hydrogen) atoms. The zero-order chi connectivity index (χ0) is 13.1. The SMILES string of the molecule is CC1CCN(C(=O)N2CCOC(C(=O)O)C2)CC1. The fourth-order valence-electron chi connectivity index (χ4n) is 2.37. The third-order valence-electron chi connectivity index (χ3n) is 3.67. The molecule has 0 aromatic heterocycles. The molecule has 2 heterocycles. The van der Waals surface area contributed by atoms with E-state index in [2.05, 4.69) is 6.92 Å². The van der Waals surface area contributed by atoms with Crippen molar-refractivity contribution in [1.29, 1.82) is 0 Å². The minimum Gasteiger partial charge on any atom is -0.479 e. The highest BCUT2D eigenvalue weighted by Gasteiger charge is 2.32.